The predicted octanol–water partition coefficient (Wildman–Crippen LogP) is 1.85. The smallest absolute Gasteiger partial charge is 0.303 e. The van der Waals surface area contributed by atoms with Crippen LogP contribution in [0.4, 0.5) is 5.69 Å². The summed E-state index contributed by atoms with van der Waals surface area (Å²) in [6.45, 7) is 3.48. The minimum atomic E-state index is -0.894. The van der Waals surface area contributed by atoms with Gasteiger partial charge in [-0.15, -0.1) is 0 Å². The Labute approximate surface area is 159 Å². The van der Waals surface area contributed by atoms with Crippen LogP contribution in [0, 0.1) is 0 Å². The molecule has 0 radical (unpaired) electrons. The lowest BCUT2D eigenvalue weighted by atomic mass is 10.1. The van der Waals surface area contributed by atoms with Crippen molar-refractivity contribution in [2.75, 3.05) is 18.1 Å². The number of thioether (sulfide) groups is 1. The van der Waals surface area contributed by atoms with E-state index in [0.29, 0.717) is 33.8 Å². The molecule has 1 N–H and O–H groups in total. The van der Waals surface area contributed by atoms with Crippen LogP contribution in [0.15, 0.2) is 23.1 Å². The molecule has 1 atom stereocenters. The number of fused-ring (bicyclic) bond motifs is 1. The van der Waals surface area contributed by atoms with Gasteiger partial charge in [0.05, 0.1) is 17.1 Å². The predicted molar refractivity (Wildman–Crippen MR) is 102 cm³/mol. The molecule has 9 heteroatoms. The van der Waals surface area contributed by atoms with Gasteiger partial charge < -0.3 is 19.7 Å². The lowest BCUT2D eigenvalue weighted by Crippen LogP contribution is -2.44. The number of nitrogens with one attached hydrogen (secondary N) is 1. The average molecular weight is 392 g/mol. The van der Waals surface area contributed by atoms with Gasteiger partial charge in [0.1, 0.15) is 16.7 Å². The Hall–Kier alpha value is -2.39. The molecule has 2 heterocycles. The third kappa shape index (κ3) is 3.88. The molecule has 1 aromatic rings. The minimum absolute atomic E-state index is 0.245. The van der Waals surface area contributed by atoms with Gasteiger partial charge in [0.25, 0.3) is 11.8 Å². The first-order chi connectivity index (χ1) is 12.3. The molecule has 0 spiro atoms. The Morgan fingerprint density at radius 3 is 2.88 bits per heavy atom. The van der Waals surface area contributed by atoms with Crippen LogP contribution >= 0.6 is 24.0 Å². The van der Waals surface area contributed by atoms with E-state index >= 15 is 0 Å². The molecule has 1 saturated heterocycles. The van der Waals surface area contributed by atoms with Crippen molar-refractivity contribution in [2.24, 2.45) is 0 Å². The molecule has 0 aliphatic carbocycles. The molecule has 2 aliphatic rings. The van der Waals surface area contributed by atoms with E-state index in [9.17, 15) is 14.4 Å². The molecule has 0 bridgehead atoms. The Kier molecular flexibility index (Phi) is 5.28. The van der Waals surface area contributed by atoms with E-state index in [-0.39, 0.29) is 11.8 Å². The molecule has 1 unspecified atom stereocenters. The van der Waals surface area contributed by atoms with Crippen molar-refractivity contribution in [3.8, 4) is 5.75 Å². The molecule has 2 aliphatic heterocycles. The highest BCUT2D eigenvalue weighted by Gasteiger charge is 2.29. The zero-order valence-electron chi connectivity index (χ0n) is 14.1. The number of nitrogens with zero attached hydrogens (tertiary/aromatic N) is 1. The van der Waals surface area contributed by atoms with E-state index in [1.165, 1.54) is 30.5 Å². The highest BCUT2D eigenvalue weighted by Crippen LogP contribution is 2.35. The zero-order valence-corrected chi connectivity index (χ0v) is 15.7. The van der Waals surface area contributed by atoms with E-state index in [0.717, 1.165) is 5.56 Å². The number of carbonyl (C=O) groups excluding carboxylic acids is 3. The number of hydrogen-bond donors (Lipinski definition) is 1. The van der Waals surface area contributed by atoms with Crippen molar-refractivity contribution < 1.29 is 23.9 Å². The second-order valence-electron chi connectivity index (χ2n) is 5.67. The molecule has 0 saturated carbocycles. The van der Waals surface area contributed by atoms with Crippen LogP contribution in [0.25, 0.3) is 6.08 Å². The van der Waals surface area contributed by atoms with Gasteiger partial charge in [-0.3, -0.25) is 14.4 Å². The Balaban J connectivity index is 1.90. The Morgan fingerprint density at radius 2 is 2.23 bits per heavy atom. The number of ether oxygens (including phenoxy) is 2. The van der Waals surface area contributed by atoms with Gasteiger partial charge in [-0.05, 0) is 30.7 Å². The summed E-state index contributed by atoms with van der Waals surface area (Å²) in [6.07, 6.45) is 0.806. The fraction of sp³-hybridized carbons (Fsp3) is 0.294. The fourth-order valence-electron chi connectivity index (χ4n) is 2.64. The Bertz CT molecular complexity index is 836. The van der Waals surface area contributed by atoms with E-state index in [2.05, 4.69) is 5.32 Å². The van der Waals surface area contributed by atoms with Crippen LogP contribution in [0.3, 0.4) is 0 Å². The maximum Gasteiger partial charge on any atom is 0.303 e. The van der Waals surface area contributed by atoms with Gasteiger partial charge >= 0.3 is 5.97 Å². The third-order valence-corrected chi connectivity index (χ3v) is 4.91. The standard InChI is InChI=1S/C17H16N2O5S2/c1-9(24-10(2)20)16(22)19-5-6-23-13-4-3-11(7-12(13)19)8-14-15(21)18-17(25)26-14/h3-4,7-9H,5-6H2,1-2H3,(H,18,21,25)/b14-8+. The number of anilines is 1. The van der Waals surface area contributed by atoms with Crippen molar-refractivity contribution in [1.82, 2.24) is 5.32 Å². The van der Waals surface area contributed by atoms with Crippen LogP contribution in [0.5, 0.6) is 5.75 Å². The maximum atomic E-state index is 12.6. The minimum Gasteiger partial charge on any atom is -0.490 e. The van der Waals surface area contributed by atoms with Crippen LogP contribution in [0.1, 0.15) is 19.4 Å². The third-order valence-electron chi connectivity index (χ3n) is 3.74. The molecule has 136 valence electrons. The quantitative estimate of drug-likeness (QED) is 0.477. The van der Waals surface area contributed by atoms with E-state index < -0.39 is 12.1 Å². The van der Waals surface area contributed by atoms with Gasteiger partial charge in [-0.25, -0.2) is 0 Å². The van der Waals surface area contributed by atoms with Crippen molar-refractivity contribution in [3.05, 3.63) is 28.7 Å². The molecular weight excluding hydrogens is 376 g/mol. The van der Waals surface area contributed by atoms with Crippen LogP contribution in [-0.2, 0) is 19.1 Å². The van der Waals surface area contributed by atoms with Crippen molar-refractivity contribution in [3.63, 3.8) is 0 Å². The normalized spacial score (nSPS) is 18.8. The van der Waals surface area contributed by atoms with E-state index in [1.807, 2.05) is 0 Å². The number of hydrogen-bond acceptors (Lipinski definition) is 7. The summed E-state index contributed by atoms with van der Waals surface area (Å²) in [5.74, 6) is -0.534. The first-order valence-corrected chi connectivity index (χ1v) is 9.08. The molecule has 0 aromatic heterocycles. The largest absolute Gasteiger partial charge is 0.490 e. The first kappa shape index (κ1) is 18.4. The van der Waals surface area contributed by atoms with Gasteiger partial charge in [0.15, 0.2) is 6.10 Å². The summed E-state index contributed by atoms with van der Waals surface area (Å²) in [5, 5.41) is 2.56. The monoisotopic (exact) mass is 392 g/mol. The SMILES string of the molecule is CC(=O)OC(C)C(=O)N1CCOc2ccc(/C=C3/SC(=S)NC3=O)cc21. The second kappa shape index (κ2) is 7.46. The van der Waals surface area contributed by atoms with Gasteiger partial charge in [-0.2, -0.15) is 0 Å². The summed E-state index contributed by atoms with van der Waals surface area (Å²) >= 11 is 6.17. The summed E-state index contributed by atoms with van der Waals surface area (Å²) in [4.78, 5) is 37.6. The summed E-state index contributed by atoms with van der Waals surface area (Å²) in [7, 11) is 0. The van der Waals surface area contributed by atoms with Crippen LogP contribution in [0.2, 0.25) is 0 Å². The number of thiocarbonyl (C=S) groups is 1. The van der Waals surface area contributed by atoms with Crippen molar-refractivity contribution >= 4 is 57.8 Å². The Morgan fingerprint density at radius 1 is 1.46 bits per heavy atom. The summed E-state index contributed by atoms with van der Waals surface area (Å²) < 4.78 is 11.0. The number of amides is 2. The lowest BCUT2D eigenvalue weighted by Gasteiger charge is -2.31. The molecule has 2 amide bonds. The van der Waals surface area contributed by atoms with Gasteiger partial charge in [0.2, 0.25) is 0 Å². The van der Waals surface area contributed by atoms with Gasteiger partial charge in [-0.1, -0.05) is 30.0 Å². The van der Waals surface area contributed by atoms with Crippen LogP contribution in [-0.4, -0.2) is 41.4 Å². The highest BCUT2D eigenvalue weighted by atomic mass is 32.2. The zero-order chi connectivity index (χ0) is 18.8. The molecule has 1 fully saturated rings. The maximum absolute atomic E-state index is 12.6. The number of carbonyl (C=O) groups is 3. The summed E-state index contributed by atoms with van der Waals surface area (Å²) in [5.41, 5.74) is 1.30. The molecular formula is C17H16N2O5S2. The fourth-order valence-corrected chi connectivity index (χ4v) is 3.69. The lowest BCUT2D eigenvalue weighted by molar-refractivity contribution is -0.151. The average Bonchev–Trinajstić information content (AvgIpc) is 2.90. The highest BCUT2D eigenvalue weighted by molar-refractivity contribution is 8.26. The summed E-state index contributed by atoms with van der Waals surface area (Å²) in [6, 6.07) is 5.30. The van der Waals surface area contributed by atoms with E-state index in [1.54, 1.807) is 24.3 Å². The number of esters is 1. The van der Waals surface area contributed by atoms with Crippen molar-refractivity contribution in [2.45, 2.75) is 20.0 Å². The first-order valence-electron chi connectivity index (χ1n) is 7.85. The molecule has 3 rings (SSSR count). The topological polar surface area (TPSA) is 84.9 Å². The number of rotatable bonds is 3. The molecule has 1 aromatic carbocycles. The molecule has 7 nitrogen and oxygen atoms in total. The van der Waals surface area contributed by atoms with Gasteiger partial charge in [0, 0.05) is 6.92 Å². The van der Waals surface area contributed by atoms with Crippen LogP contribution < -0.4 is 15.0 Å². The second-order valence-corrected chi connectivity index (χ2v) is 7.39. The number of benzene rings is 1. The van der Waals surface area contributed by atoms with Crippen molar-refractivity contribution in [1.29, 1.82) is 0 Å². The molecule has 26 heavy (non-hydrogen) atoms. The van der Waals surface area contributed by atoms with E-state index in [4.69, 9.17) is 21.7 Å².